The third-order valence-electron chi connectivity index (χ3n) is 3.15. The zero-order valence-corrected chi connectivity index (χ0v) is 8.70. The van der Waals surface area contributed by atoms with Crippen molar-refractivity contribution in [2.75, 3.05) is 0 Å². The van der Waals surface area contributed by atoms with Gasteiger partial charge in [-0.05, 0) is 24.3 Å². The van der Waals surface area contributed by atoms with E-state index in [9.17, 15) is 0 Å². The number of hydrogen-bond donors (Lipinski definition) is 0. The molecule has 0 heterocycles. The Labute approximate surface area is 85.4 Å². The molecule has 0 spiro atoms. The van der Waals surface area contributed by atoms with Crippen LogP contribution in [0.4, 0.5) is 0 Å². The van der Waals surface area contributed by atoms with Gasteiger partial charge in [-0.25, -0.2) is 0 Å². The SMILES string of the molecule is CC(C)C1=CCC2C=CC(C#N)=CC12. The van der Waals surface area contributed by atoms with E-state index >= 15 is 0 Å². The van der Waals surface area contributed by atoms with Crippen LogP contribution in [-0.2, 0) is 0 Å². The maximum Gasteiger partial charge on any atom is 0.0988 e. The summed E-state index contributed by atoms with van der Waals surface area (Å²) >= 11 is 0. The lowest BCUT2D eigenvalue weighted by Crippen LogP contribution is -2.13. The van der Waals surface area contributed by atoms with Crippen molar-refractivity contribution in [1.82, 2.24) is 0 Å². The zero-order valence-electron chi connectivity index (χ0n) is 8.70. The molecule has 1 nitrogen and oxygen atoms in total. The monoisotopic (exact) mass is 185 g/mol. The summed E-state index contributed by atoms with van der Waals surface area (Å²) < 4.78 is 0. The normalized spacial score (nSPS) is 29.6. The van der Waals surface area contributed by atoms with Gasteiger partial charge in [-0.3, -0.25) is 0 Å². The minimum absolute atomic E-state index is 0.495. The molecule has 0 saturated carbocycles. The summed E-state index contributed by atoms with van der Waals surface area (Å²) in [7, 11) is 0. The second-order valence-electron chi connectivity index (χ2n) is 4.38. The Balaban J connectivity index is 2.27. The summed E-state index contributed by atoms with van der Waals surface area (Å²) in [5, 5.41) is 8.85. The first kappa shape index (κ1) is 9.27. The predicted octanol–water partition coefficient (Wildman–Crippen LogP) is 3.22. The summed E-state index contributed by atoms with van der Waals surface area (Å²) in [6, 6.07) is 2.22. The van der Waals surface area contributed by atoms with E-state index in [1.54, 1.807) is 0 Å². The molecular formula is C13H15N. The van der Waals surface area contributed by atoms with E-state index in [1.807, 2.05) is 6.08 Å². The number of rotatable bonds is 1. The number of allylic oxidation sites excluding steroid dienone is 6. The van der Waals surface area contributed by atoms with Gasteiger partial charge in [0.2, 0.25) is 0 Å². The third kappa shape index (κ3) is 1.42. The second-order valence-corrected chi connectivity index (χ2v) is 4.38. The van der Waals surface area contributed by atoms with Crippen LogP contribution in [0.5, 0.6) is 0 Å². The van der Waals surface area contributed by atoms with Crippen LogP contribution in [0, 0.1) is 29.1 Å². The smallest absolute Gasteiger partial charge is 0.0988 e. The van der Waals surface area contributed by atoms with E-state index in [-0.39, 0.29) is 0 Å². The molecule has 14 heavy (non-hydrogen) atoms. The summed E-state index contributed by atoms with van der Waals surface area (Å²) in [5.74, 6) is 1.71. The van der Waals surface area contributed by atoms with Gasteiger partial charge in [-0.1, -0.05) is 37.6 Å². The highest BCUT2D eigenvalue weighted by molar-refractivity contribution is 5.42. The number of nitrogens with zero attached hydrogens (tertiary/aromatic N) is 1. The summed E-state index contributed by atoms with van der Waals surface area (Å²) in [6.45, 7) is 4.46. The Morgan fingerprint density at radius 3 is 2.93 bits per heavy atom. The van der Waals surface area contributed by atoms with Crippen LogP contribution in [0.2, 0.25) is 0 Å². The summed E-state index contributed by atoms with van der Waals surface area (Å²) in [5.41, 5.74) is 2.33. The van der Waals surface area contributed by atoms with Crippen LogP contribution in [0.15, 0.2) is 35.5 Å². The minimum atomic E-state index is 0.495. The van der Waals surface area contributed by atoms with Crippen molar-refractivity contribution in [3.8, 4) is 6.07 Å². The van der Waals surface area contributed by atoms with Gasteiger partial charge in [0.15, 0.2) is 0 Å². The van der Waals surface area contributed by atoms with Crippen molar-refractivity contribution >= 4 is 0 Å². The lowest BCUT2D eigenvalue weighted by atomic mass is 9.82. The lowest BCUT2D eigenvalue weighted by Gasteiger charge is -2.22. The van der Waals surface area contributed by atoms with E-state index in [0.717, 1.165) is 12.0 Å². The molecule has 0 fully saturated rings. The minimum Gasteiger partial charge on any atom is -0.192 e. The number of nitriles is 1. The number of fused-ring (bicyclic) bond motifs is 1. The van der Waals surface area contributed by atoms with Gasteiger partial charge >= 0.3 is 0 Å². The summed E-state index contributed by atoms with van der Waals surface area (Å²) in [6.07, 6.45) is 9.77. The van der Waals surface area contributed by atoms with Crippen molar-refractivity contribution in [3.63, 3.8) is 0 Å². The highest BCUT2D eigenvalue weighted by Gasteiger charge is 2.29. The first-order chi connectivity index (χ1) is 6.72. The van der Waals surface area contributed by atoms with Crippen molar-refractivity contribution in [2.24, 2.45) is 17.8 Å². The van der Waals surface area contributed by atoms with Crippen molar-refractivity contribution < 1.29 is 0 Å². The molecule has 0 N–H and O–H groups in total. The lowest BCUT2D eigenvalue weighted by molar-refractivity contribution is 0.536. The van der Waals surface area contributed by atoms with E-state index in [1.165, 1.54) is 5.57 Å². The molecule has 2 atom stereocenters. The van der Waals surface area contributed by atoms with Crippen molar-refractivity contribution in [2.45, 2.75) is 20.3 Å². The molecule has 0 aromatic carbocycles. The second kappa shape index (κ2) is 3.46. The average Bonchev–Trinajstić information content (AvgIpc) is 2.59. The zero-order chi connectivity index (χ0) is 10.1. The van der Waals surface area contributed by atoms with Gasteiger partial charge in [0.25, 0.3) is 0 Å². The van der Waals surface area contributed by atoms with Crippen LogP contribution in [0.25, 0.3) is 0 Å². The van der Waals surface area contributed by atoms with Gasteiger partial charge in [0, 0.05) is 11.5 Å². The first-order valence-electron chi connectivity index (χ1n) is 5.22. The molecule has 0 aromatic rings. The molecule has 0 aromatic heterocycles. The highest BCUT2D eigenvalue weighted by Crippen LogP contribution is 2.40. The van der Waals surface area contributed by atoms with Gasteiger partial charge in [0.05, 0.1) is 6.07 Å². The molecule has 2 aliphatic carbocycles. The first-order valence-corrected chi connectivity index (χ1v) is 5.22. The summed E-state index contributed by atoms with van der Waals surface area (Å²) in [4.78, 5) is 0. The number of hydrogen-bond acceptors (Lipinski definition) is 1. The Morgan fingerprint density at radius 1 is 1.50 bits per heavy atom. The fourth-order valence-corrected chi connectivity index (χ4v) is 2.39. The maximum atomic E-state index is 8.85. The molecule has 2 unspecified atom stereocenters. The quantitative estimate of drug-likeness (QED) is 0.575. The Kier molecular flexibility index (Phi) is 2.29. The highest BCUT2D eigenvalue weighted by atomic mass is 14.3. The van der Waals surface area contributed by atoms with Crippen LogP contribution in [0.1, 0.15) is 20.3 Å². The van der Waals surface area contributed by atoms with E-state index < -0.39 is 0 Å². The molecule has 0 bridgehead atoms. The molecule has 0 saturated heterocycles. The Hall–Kier alpha value is -1.29. The molecule has 2 aliphatic rings. The molecule has 72 valence electrons. The largest absolute Gasteiger partial charge is 0.192 e. The molecule has 1 heteroatoms. The van der Waals surface area contributed by atoms with E-state index in [4.69, 9.17) is 5.26 Å². The standard InChI is InChI=1S/C13H15N/c1-9(2)12-6-5-11-4-3-10(8-14)7-13(11)12/h3-4,6-7,9,11,13H,5H2,1-2H3. The van der Waals surface area contributed by atoms with Gasteiger partial charge in [0.1, 0.15) is 0 Å². The molecule has 0 amide bonds. The van der Waals surface area contributed by atoms with Crippen molar-refractivity contribution in [3.05, 3.63) is 35.5 Å². The molecule has 0 radical (unpaired) electrons. The third-order valence-corrected chi connectivity index (χ3v) is 3.15. The predicted molar refractivity (Wildman–Crippen MR) is 57.4 cm³/mol. The van der Waals surface area contributed by atoms with Gasteiger partial charge < -0.3 is 0 Å². The maximum absolute atomic E-state index is 8.85. The Morgan fingerprint density at radius 2 is 2.29 bits per heavy atom. The Bertz CT molecular complexity index is 363. The van der Waals surface area contributed by atoms with E-state index in [0.29, 0.717) is 17.8 Å². The van der Waals surface area contributed by atoms with Crippen LogP contribution in [-0.4, -0.2) is 0 Å². The molecule has 2 rings (SSSR count). The van der Waals surface area contributed by atoms with Crippen LogP contribution < -0.4 is 0 Å². The van der Waals surface area contributed by atoms with Gasteiger partial charge in [-0.15, -0.1) is 0 Å². The fraction of sp³-hybridized carbons (Fsp3) is 0.462. The molecule has 0 aliphatic heterocycles. The topological polar surface area (TPSA) is 23.8 Å². The van der Waals surface area contributed by atoms with Gasteiger partial charge in [-0.2, -0.15) is 5.26 Å². The van der Waals surface area contributed by atoms with Crippen LogP contribution in [0.3, 0.4) is 0 Å². The van der Waals surface area contributed by atoms with Crippen molar-refractivity contribution in [1.29, 1.82) is 5.26 Å². The fourth-order valence-electron chi connectivity index (χ4n) is 2.39. The average molecular weight is 185 g/mol. The molecular weight excluding hydrogens is 170 g/mol. The van der Waals surface area contributed by atoms with Crippen LogP contribution >= 0.6 is 0 Å². The van der Waals surface area contributed by atoms with E-state index in [2.05, 4.69) is 38.1 Å².